The summed E-state index contributed by atoms with van der Waals surface area (Å²) in [5.41, 5.74) is 0.476. The van der Waals surface area contributed by atoms with E-state index >= 15 is 0 Å². The molecule has 0 aliphatic carbocycles. The number of anilines is 3. The highest BCUT2D eigenvalue weighted by Gasteiger charge is 2.34. The number of hydrogen-bond acceptors (Lipinski definition) is 5. The van der Waals surface area contributed by atoms with Crippen LogP contribution < -0.4 is 10.6 Å². The summed E-state index contributed by atoms with van der Waals surface area (Å²) in [5.74, 6) is 0.803. The van der Waals surface area contributed by atoms with Crippen LogP contribution in [0.5, 0.6) is 0 Å². The summed E-state index contributed by atoms with van der Waals surface area (Å²) >= 11 is 0. The van der Waals surface area contributed by atoms with Gasteiger partial charge in [0.2, 0.25) is 0 Å². The van der Waals surface area contributed by atoms with Gasteiger partial charge in [0.1, 0.15) is 0 Å². The molecule has 0 saturated carbocycles. The third kappa shape index (κ3) is 3.22. The van der Waals surface area contributed by atoms with Crippen molar-refractivity contribution >= 4 is 28.2 Å². The number of halogens is 3. The highest BCUT2D eigenvalue weighted by molar-refractivity contribution is 5.92. The van der Waals surface area contributed by atoms with E-state index in [2.05, 4.69) is 30.8 Å². The number of aromatic amines is 1. The lowest BCUT2D eigenvalue weighted by Crippen LogP contribution is -2.09. The smallest absolute Gasteiger partial charge is 0.384 e. The van der Waals surface area contributed by atoms with Gasteiger partial charge in [-0.3, -0.25) is 5.10 Å². The lowest BCUT2D eigenvalue weighted by Gasteiger charge is -2.14. The molecule has 2 aromatic carbocycles. The van der Waals surface area contributed by atoms with Crippen molar-refractivity contribution in [3.63, 3.8) is 0 Å². The van der Waals surface area contributed by atoms with Crippen molar-refractivity contribution in [3.05, 3.63) is 60.3 Å². The van der Waals surface area contributed by atoms with Crippen molar-refractivity contribution in [1.82, 2.24) is 20.2 Å². The molecular weight excluding hydrogens is 369 g/mol. The average Bonchev–Trinajstić information content (AvgIpc) is 3.10. The van der Waals surface area contributed by atoms with Gasteiger partial charge in [0.15, 0.2) is 17.5 Å². The van der Waals surface area contributed by atoms with Crippen LogP contribution in [0.4, 0.5) is 30.5 Å². The Morgan fingerprint density at radius 1 is 0.964 bits per heavy atom. The molecule has 4 aromatic rings. The van der Waals surface area contributed by atoms with E-state index in [1.54, 1.807) is 7.05 Å². The Morgan fingerprint density at radius 2 is 1.71 bits per heavy atom. The topological polar surface area (TPSA) is 78.5 Å². The molecule has 6 nitrogen and oxygen atoms in total. The van der Waals surface area contributed by atoms with E-state index in [9.17, 15) is 13.2 Å². The predicted octanol–water partition coefficient (Wildman–Crippen LogP) is 4.82. The van der Waals surface area contributed by atoms with Crippen LogP contribution in [0.3, 0.4) is 0 Å². The first-order valence-electron chi connectivity index (χ1n) is 8.39. The summed E-state index contributed by atoms with van der Waals surface area (Å²) in [6, 6.07) is 12.7. The van der Waals surface area contributed by atoms with Gasteiger partial charge in [0, 0.05) is 18.0 Å². The van der Waals surface area contributed by atoms with Gasteiger partial charge in [0.25, 0.3) is 0 Å². The summed E-state index contributed by atoms with van der Waals surface area (Å²) in [5, 5.41) is 14.0. The average molecular weight is 384 g/mol. The molecule has 0 radical (unpaired) electrons. The molecule has 0 fully saturated rings. The van der Waals surface area contributed by atoms with Crippen molar-refractivity contribution < 1.29 is 13.2 Å². The Kier molecular flexibility index (Phi) is 4.34. The first kappa shape index (κ1) is 17.8. The van der Waals surface area contributed by atoms with Crippen molar-refractivity contribution in [1.29, 1.82) is 0 Å². The van der Waals surface area contributed by atoms with E-state index in [-0.39, 0.29) is 11.4 Å². The van der Waals surface area contributed by atoms with Gasteiger partial charge in [0.05, 0.1) is 23.0 Å². The second-order valence-corrected chi connectivity index (χ2v) is 5.99. The monoisotopic (exact) mass is 384 g/mol. The van der Waals surface area contributed by atoms with Gasteiger partial charge < -0.3 is 10.6 Å². The van der Waals surface area contributed by atoms with E-state index < -0.39 is 11.7 Å². The second kappa shape index (κ2) is 6.84. The van der Waals surface area contributed by atoms with E-state index in [0.29, 0.717) is 17.3 Å². The number of hydrogen-bond donors (Lipinski definition) is 3. The highest BCUT2D eigenvalue weighted by Crippen LogP contribution is 2.37. The first-order chi connectivity index (χ1) is 13.5. The Morgan fingerprint density at radius 3 is 2.50 bits per heavy atom. The molecule has 4 rings (SSSR count). The second-order valence-electron chi connectivity index (χ2n) is 5.99. The normalized spacial score (nSPS) is 11.6. The van der Waals surface area contributed by atoms with Crippen LogP contribution in [-0.2, 0) is 6.18 Å². The number of para-hydroxylation sites is 1. The zero-order chi connectivity index (χ0) is 19.7. The molecule has 2 heterocycles. The van der Waals surface area contributed by atoms with Gasteiger partial charge in [-0.2, -0.15) is 18.3 Å². The predicted molar refractivity (Wildman–Crippen MR) is 101 cm³/mol. The Labute approximate surface area is 157 Å². The SMILES string of the molecule is CNc1cnc(-c2ccccc2C(F)(F)F)nc1Nc1n[nH]c2ccccc12. The number of nitrogens with one attached hydrogen (secondary N) is 3. The minimum Gasteiger partial charge on any atom is -0.384 e. The lowest BCUT2D eigenvalue weighted by molar-refractivity contribution is -0.137. The van der Waals surface area contributed by atoms with E-state index in [4.69, 9.17) is 0 Å². The molecule has 0 aliphatic rings. The van der Waals surface area contributed by atoms with E-state index in [1.807, 2.05) is 24.3 Å². The van der Waals surface area contributed by atoms with Crippen LogP contribution >= 0.6 is 0 Å². The lowest BCUT2D eigenvalue weighted by atomic mass is 10.1. The van der Waals surface area contributed by atoms with Gasteiger partial charge in [-0.25, -0.2) is 9.97 Å². The molecule has 3 N–H and O–H groups in total. The van der Waals surface area contributed by atoms with E-state index in [1.165, 1.54) is 24.4 Å². The zero-order valence-electron chi connectivity index (χ0n) is 14.7. The molecule has 0 bridgehead atoms. The number of rotatable bonds is 4. The van der Waals surface area contributed by atoms with Crippen LogP contribution in [0.2, 0.25) is 0 Å². The maximum atomic E-state index is 13.4. The molecular formula is C19H15F3N6. The number of alkyl halides is 3. The molecule has 142 valence electrons. The van der Waals surface area contributed by atoms with Crippen molar-refractivity contribution in [2.75, 3.05) is 17.7 Å². The highest BCUT2D eigenvalue weighted by atomic mass is 19.4. The quantitative estimate of drug-likeness (QED) is 0.470. The fourth-order valence-corrected chi connectivity index (χ4v) is 2.89. The summed E-state index contributed by atoms with van der Waals surface area (Å²) in [6.07, 6.45) is -3.07. The molecule has 2 aromatic heterocycles. The Balaban J connectivity index is 1.80. The molecule has 0 amide bonds. The molecule has 28 heavy (non-hydrogen) atoms. The third-order valence-corrected chi connectivity index (χ3v) is 4.24. The van der Waals surface area contributed by atoms with Crippen molar-refractivity contribution in [2.45, 2.75) is 6.18 Å². The fraction of sp³-hybridized carbons (Fsp3) is 0.105. The molecule has 0 unspecified atom stereocenters. The number of nitrogens with zero attached hydrogens (tertiary/aromatic N) is 3. The van der Waals surface area contributed by atoms with Crippen molar-refractivity contribution in [3.8, 4) is 11.4 Å². The Hall–Kier alpha value is -3.62. The number of H-pyrrole nitrogens is 1. The van der Waals surface area contributed by atoms with Crippen LogP contribution in [0.15, 0.2) is 54.7 Å². The first-order valence-corrected chi connectivity index (χ1v) is 8.39. The van der Waals surface area contributed by atoms with E-state index in [0.717, 1.165) is 17.0 Å². The van der Waals surface area contributed by atoms with Crippen LogP contribution in [0.1, 0.15) is 5.56 Å². The van der Waals surface area contributed by atoms with Gasteiger partial charge >= 0.3 is 6.18 Å². The fourth-order valence-electron chi connectivity index (χ4n) is 2.89. The Bertz CT molecular complexity index is 1140. The summed E-state index contributed by atoms with van der Waals surface area (Å²) in [6.45, 7) is 0. The maximum absolute atomic E-state index is 13.4. The minimum absolute atomic E-state index is 0.0331. The van der Waals surface area contributed by atoms with Gasteiger partial charge in [-0.1, -0.05) is 30.3 Å². The van der Waals surface area contributed by atoms with Crippen LogP contribution in [0.25, 0.3) is 22.3 Å². The summed E-state index contributed by atoms with van der Waals surface area (Å²) in [7, 11) is 1.68. The maximum Gasteiger partial charge on any atom is 0.417 e. The number of benzene rings is 2. The molecule has 0 atom stereocenters. The van der Waals surface area contributed by atoms with Gasteiger partial charge in [-0.05, 0) is 18.2 Å². The minimum atomic E-state index is -4.51. The van der Waals surface area contributed by atoms with Gasteiger partial charge in [-0.15, -0.1) is 0 Å². The number of fused-ring (bicyclic) bond motifs is 1. The van der Waals surface area contributed by atoms with Crippen LogP contribution in [-0.4, -0.2) is 27.2 Å². The molecule has 9 heteroatoms. The third-order valence-electron chi connectivity index (χ3n) is 4.24. The standard InChI is InChI=1S/C19H15F3N6/c1-23-15-10-24-16(11-6-2-4-8-13(11)19(20,21)22)25-18(15)26-17-12-7-3-5-9-14(12)27-28-17/h2-10,23H,1H3,(H2,24,25,26,27,28). The number of aromatic nitrogens is 4. The molecule has 0 spiro atoms. The van der Waals surface area contributed by atoms with Crippen LogP contribution in [0, 0.1) is 0 Å². The summed E-state index contributed by atoms with van der Waals surface area (Å²) in [4.78, 5) is 8.44. The summed E-state index contributed by atoms with van der Waals surface area (Å²) < 4.78 is 40.1. The largest absolute Gasteiger partial charge is 0.417 e. The molecule has 0 saturated heterocycles. The van der Waals surface area contributed by atoms with Crippen molar-refractivity contribution in [2.24, 2.45) is 0 Å². The molecule has 0 aliphatic heterocycles. The zero-order valence-corrected chi connectivity index (χ0v) is 14.7.